The van der Waals surface area contributed by atoms with Crippen LogP contribution in [-0.2, 0) is 5.54 Å². The van der Waals surface area contributed by atoms with Crippen molar-refractivity contribution in [1.29, 1.82) is 0 Å². The number of nitrogens with one attached hydrogen (secondary N) is 1. The zero-order valence-electron chi connectivity index (χ0n) is 16.7. The Kier molecular flexibility index (Phi) is 4.01. The molecule has 0 radical (unpaired) electrons. The number of rotatable bonds is 1. The molecule has 1 spiro atoms. The van der Waals surface area contributed by atoms with Gasteiger partial charge in [-0.1, -0.05) is 6.58 Å². The molecule has 3 heterocycles. The van der Waals surface area contributed by atoms with E-state index < -0.39 is 0 Å². The zero-order chi connectivity index (χ0) is 20.2. The highest BCUT2D eigenvalue weighted by Crippen LogP contribution is 2.55. The van der Waals surface area contributed by atoms with Crippen LogP contribution in [0.15, 0.2) is 43.2 Å². The Labute approximate surface area is 169 Å². The summed E-state index contributed by atoms with van der Waals surface area (Å²) in [5.74, 6) is 1.32. The molecule has 1 aliphatic carbocycles. The lowest BCUT2D eigenvalue weighted by Crippen LogP contribution is -2.37. The van der Waals surface area contributed by atoms with Gasteiger partial charge in [0.15, 0.2) is 5.65 Å². The third kappa shape index (κ3) is 2.84. The Morgan fingerprint density at radius 1 is 1.34 bits per heavy atom. The highest BCUT2D eigenvalue weighted by molar-refractivity contribution is 5.74. The molecule has 1 atom stereocenters. The van der Waals surface area contributed by atoms with Crippen LogP contribution in [0.1, 0.15) is 37.8 Å². The molecule has 6 nitrogen and oxygen atoms in total. The Morgan fingerprint density at radius 2 is 2.17 bits per heavy atom. The van der Waals surface area contributed by atoms with Crippen LogP contribution in [0.5, 0.6) is 5.75 Å². The molecule has 0 unspecified atom stereocenters. The number of halogens is 1. The van der Waals surface area contributed by atoms with Crippen molar-refractivity contribution < 1.29 is 9.13 Å². The van der Waals surface area contributed by atoms with Gasteiger partial charge in [0.25, 0.3) is 0 Å². The minimum atomic E-state index is -0.310. The lowest BCUT2D eigenvalue weighted by Gasteiger charge is -2.34. The first-order valence-corrected chi connectivity index (χ1v) is 10.0. The Balaban J connectivity index is 1.72. The molecule has 3 aromatic rings. The Morgan fingerprint density at radius 3 is 2.93 bits per heavy atom. The van der Waals surface area contributed by atoms with Crippen LogP contribution in [0.3, 0.4) is 0 Å². The molecule has 1 saturated carbocycles. The minimum Gasteiger partial charge on any atom is -0.489 e. The first kappa shape index (κ1) is 18.0. The molecule has 5 rings (SSSR count). The second kappa shape index (κ2) is 6.47. The van der Waals surface area contributed by atoms with E-state index in [-0.39, 0.29) is 17.5 Å². The van der Waals surface area contributed by atoms with Gasteiger partial charge in [-0.05, 0) is 51.0 Å². The van der Waals surface area contributed by atoms with Crippen molar-refractivity contribution in [3.05, 3.63) is 60.2 Å². The molecule has 29 heavy (non-hydrogen) atoms. The van der Waals surface area contributed by atoms with Crippen LogP contribution in [0.25, 0.3) is 11.3 Å². The highest BCUT2D eigenvalue weighted by atomic mass is 19.1. The van der Waals surface area contributed by atoms with E-state index in [1.54, 1.807) is 22.8 Å². The predicted molar refractivity (Wildman–Crippen MR) is 110 cm³/mol. The Bertz CT molecular complexity index is 1100. The van der Waals surface area contributed by atoms with E-state index in [0.717, 1.165) is 53.4 Å². The fourth-order valence-corrected chi connectivity index (χ4v) is 4.30. The molecule has 1 aliphatic heterocycles. The number of aromatic nitrogens is 3. The summed E-state index contributed by atoms with van der Waals surface area (Å²) in [6, 6.07) is 6.79. The molecule has 2 aromatic heterocycles. The molecule has 7 heteroatoms. The maximum absolute atomic E-state index is 14.3. The predicted octanol–water partition coefficient (Wildman–Crippen LogP) is 3.73. The minimum absolute atomic E-state index is 0.121. The maximum Gasteiger partial charge on any atom is 0.166 e. The van der Waals surface area contributed by atoms with E-state index in [4.69, 9.17) is 9.72 Å². The van der Waals surface area contributed by atoms with Crippen molar-refractivity contribution in [2.24, 2.45) is 0 Å². The molecule has 1 aromatic carbocycles. The number of ether oxygens (including phenoxy) is 1. The van der Waals surface area contributed by atoms with Crippen LogP contribution in [0, 0.1) is 5.82 Å². The lowest BCUT2D eigenvalue weighted by molar-refractivity contribution is 0.219. The normalized spacial score (nSPS) is 20.4. The number of fused-ring (bicyclic) bond motifs is 3. The largest absolute Gasteiger partial charge is 0.489 e. The zero-order valence-corrected chi connectivity index (χ0v) is 16.7. The summed E-state index contributed by atoms with van der Waals surface area (Å²) in [5, 5.41) is 7.74. The van der Waals surface area contributed by atoms with Gasteiger partial charge in [0.2, 0.25) is 0 Å². The van der Waals surface area contributed by atoms with E-state index in [2.05, 4.69) is 28.8 Å². The molecular formula is C22H24FN5O. The molecule has 1 fully saturated rings. The summed E-state index contributed by atoms with van der Waals surface area (Å²) < 4.78 is 22.3. The van der Waals surface area contributed by atoms with Crippen LogP contribution in [0.4, 0.5) is 10.2 Å². The van der Waals surface area contributed by atoms with Crippen LogP contribution in [-0.4, -0.2) is 33.8 Å². The number of hydrogen-bond donors (Lipinski definition) is 1. The van der Waals surface area contributed by atoms with Gasteiger partial charge in [-0.3, -0.25) is 0 Å². The van der Waals surface area contributed by atoms with Gasteiger partial charge in [0.1, 0.15) is 23.5 Å². The molecule has 2 aliphatic rings. The van der Waals surface area contributed by atoms with Gasteiger partial charge in [-0.2, -0.15) is 5.10 Å². The number of nitrogens with zero attached hydrogens (tertiary/aromatic N) is 4. The summed E-state index contributed by atoms with van der Waals surface area (Å²) in [6.07, 6.45) is 5.43. The smallest absolute Gasteiger partial charge is 0.166 e. The average molecular weight is 393 g/mol. The van der Waals surface area contributed by atoms with Crippen LogP contribution >= 0.6 is 0 Å². The second-order valence-corrected chi connectivity index (χ2v) is 7.82. The summed E-state index contributed by atoms with van der Waals surface area (Å²) >= 11 is 0. The van der Waals surface area contributed by atoms with Crippen LogP contribution in [0.2, 0.25) is 0 Å². The maximum atomic E-state index is 14.3. The summed E-state index contributed by atoms with van der Waals surface area (Å²) in [5.41, 5.74) is 2.95. The van der Waals surface area contributed by atoms with Crippen molar-refractivity contribution in [2.45, 2.75) is 38.3 Å². The first-order chi connectivity index (χ1) is 14.0. The molecule has 0 saturated heterocycles. The van der Waals surface area contributed by atoms with Crippen LogP contribution < -0.4 is 15.0 Å². The van der Waals surface area contributed by atoms with E-state index in [0.29, 0.717) is 6.54 Å². The highest BCUT2D eigenvalue weighted by Gasteiger charge is 2.51. The molecular weight excluding hydrogens is 369 g/mol. The first-order valence-electron chi connectivity index (χ1n) is 10.0. The summed E-state index contributed by atoms with van der Waals surface area (Å²) in [4.78, 5) is 7.18. The van der Waals surface area contributed by atoms with E-state index in [1.807, 2.05) is 19.2 Å². The van der Waals surface area contributed by atoms with E-state index in [9.17, 15) is 4.39 Å². The monoisotopic (exact) mass is 393 g/mol. The third-order valence-electron chi connectivity index (χ3n) is 5.89. The second-order valence-electron chi connectivity index (χ2n) is 7.82. The third-order valence-corrected chi connectivity index (χ3v) is 5.89. The number of anilines is 1. The lowest BCUT2D eigenvalue weighted by atomic mass is 10.0. The fourth-order valence-electron chi connectivity index (χ4n) is 4.30. The van der Waals surface area contributed by atoms with Gasteiger partial charge in [0, 0.05) is 24.0 Å². The number of hydrogen-bond acceptors (Lipinski definition) is 5. The summed E-state index contributed by atoms with van der Waals surface area (Å²) in [7, 11) is 0. The molecule has 0 amide bonds. The fraction of sp³-hybridized carbons (Fsp3) is 0.364. The van der Waals surface area contributed by atoms with Crippen molar-refractivity contribution >= 4 is 17.2 Å². The topological polar surface area (TPSA) is 54.7 Å². The summed E-state index contributed by atoms with van der Waals surface area (Å²) in [6.45, 7) is 9.57. The van der Waals surface area contributed by atoms with Gasteiger partial charge in [-0.15, -0.1) is 0 Å². The van der Waals surface area contributed by atoms with Gasteiger partial charge >= 0.3 is 0 Å². The van der Waals surface area contributed by atoms with Crippen molar-refractivity contribution in [3.63, 3.8) is 0 Å². The van der Waals surface area contributed by atoms with Crippen molar-refractivity contribution in [3.8, 4) is 5.75 Å². The van der Waals surface area contributed by atoms with Gasteiger partial charge in [-0.25, -0.2) is 13.9 Å². The molecule has 2 bridgehead atoms. The van der Waals surface area contributed by atoms with E-state index in [1.165, 1.54) is 6.07 Å². The number of benzene rings is 1. The van der Waals surface area contributed by atoms with Gasteiger partial charge in [0.05, 0.1) is 23.8 Å². The molecule has 150 valence electrons. The SMILES string of the molecule is C=C1NC[C@H](C)Oc2ccc(F)cc2C2(CC2)N(CC)c2ccn3ncc1c3n2. The van der Waals surface area contributed by atoms with Gasteiger partial charge < -0.3 is 15.0 Å². The Hall–Kier alpha value is -3.09. The quantitative estimate of drug-likeness (QED) is 0.683. The van der Waals surface area contributed by atoms with Crippen molar-refractivity contribution in [2.75, 3.05) is 18.0 Å². The average Bonchev–Trinajstić information content (AvgIpc) is 3.39. The molecule has 1 N–H and O–H groups in total. The standard InChI is InChI=1S/C22H24FN5O/c1-4-27-20-7-10-28-21(26-20)17(13-25-28)15(3)24-12-14(2)29-19-6-5-16(23)11-18(19)22(27)8-9-22/h5-7,10-11,13-14,24H,3-4,8-9,12H2,1-2H3/t14-/m0/s1. The van der Waals surface area contributed by atoms with E-state index >= 15 is 0 Å². The van der Waals surface area contributed by atoms with Crippen molar-refractivity contribution in [1.82, 2.24) is 19.9 Å².